The van der Waals surface area contributed by atoms with Crippen molar-refractivity contribution in [3.8, 4) is 0 Å². The molecule has 3 heteroatoms. The van der Waals surface area contributed by atoms with Gasteiger partial charge in [-0.15, -0.1) is 0 Å². The lowest BCUT2D eigenvalue weighted by Gasteiger charge is -2.34. The van der Waals surface area contributed by atoms with Crippen LogP contribution in [0, 0.1) is 0 Å². The number of aromatic nitrogens is 1. The third-order valence-electron chi connectivity index (χ3n) is 3.90. The Balaban J connectivity index is 2.18. The summed E-state index contributed by atoms with van der Waals surface area (Å²) in [5.41, 5.74) is 0.953. The van der Waals surface area contributed by atoms with Gasteiger partial charge in [-0.25, -0.2) is 4.98 Å². The van der Waals surface area contributed by atoms with Crippen molar-refractivity contribution in [2.45, 2.75) is 58.1 Å². The van der Waals surface area contributed by atoms with Crippen molar-refractivity contribution in [2.75, 3.05) is 11.4 Å². The second-order valence-corrected chi connectivity index (χ2v) is 5.20. The summed E-state index contributed by atoms with van der Waals surface area (Å²) in [7, 11) is 0. The fourth-order valence-corrected chi connectivity index (χ4v) is 2.85. The van der Waals surface area contributed by atoms with Crippen molar-refractivity contribution in [3.63, 3.8) is 0 Å². The minimum atomic E-state index is -0.420. The van der Waals surface area contributed by atoms with Crippen LogP contribution in [0.2, 0.25) is 0 Å². The summed E-state index contributed by atoms with van der Waals surface area (Å²) in [4.78, 5) is 6.88. The number of nitrogens with zero attached hydrogens (tertiary/aromatic N) is 2. The van der Waals surface area contributed by atoms with Crippen LogP contribution in [0.1, 0.15) is 57.6 Å². The highest BCUT2D eigenvalue weighted by Gasteiger charge is 2.21. The number of aliphatic hydroxyl groups is 1. The highest BCUT2D eigenvalue weighted by Crippen LogP contribution is 2.27. The number of anilines is 1. The first-order chi connectivity index (χ1) is 8.72. The van der Waals surface area contributed by atoms with E-state index in [0.29, 0.717) is 6.04 Å². The fraction of sp³-hybridized carbons (Fsp3) is 0.667. The maximum atomic E-state index is 9.67. The number of aliphatic hydroxyl groups excluding tert-OH is 1. The molecule has 1 aliphatic rings. The topological polar surface area (TPSA) is 36.4 Å². The highest BCUT2D eigenvalue weighted by atomic mass is 16.3. The molecule has 0 saturated heterocycles. The Morgan fingerprint density at radius 1 is 1.39 bits per heavy atom. The molecule has 2 rings (SSSR count). The van der Waals surface area contributed by atoms with Gasteiger partial charge in [-0.2, -0.15) is 0 Å². The summed E-state index contributed by atoms with van der Waals surface area (Å²) < 4.78 is 0. The molecule has 0 bridgehead atoms. The van der Waals surface area contributed by atoms with Crippen LogP contribution >= 0.6 is 0 Å². The van der Waals surface area contributed by atoms with Crippen LogP contribution < -0.4 is 4.90 Å². The van der Waals surface area contributed by atoms with Gasteiger partial charge in [-0.3, -0.25) is 0 Å². The molecule has 0 aliphatic heterocycles. The van der Waals surface area contributed by atoms with Crippen LogP contribution in [-0.4, -0.2) is 22.7 Å². The molecule has 1 aromatic rings. The zero-order valence-electron chi connectivity index (χ0n) is 11.5. The van der Waals surface area contributed by atoms with Crippen LogP contribution in [0.5, 0.6) is 0 Å². The smallest absolute Gasteiger partial charge is 0.129 e. The lowest BCUT2D eigenvalue weighted by atomic mass is 9.94. The minimum Gasteiger partial charge on any atom is -0.389 e. The first-order valence-corrected chi connectivity index (χ1v) is 7.13. The molecule has 1 atom stereocenters. The molecule has 0 radical (unpaired) electrons. The van der Waals surface area contributed by atoms with Gasteiger partial charge < -0.3 is 10.0 Å². The zero-order chi connectivity index (χ0) is 13.0. The molecule has 100 valence electrons. The van der Waals surface area contributed by atoms with E-state index in [1.165, 1.54) is 32.1 Å². The number of pyridine rings is 1. The molecule has 0 amide bonds. The summed E-state index contributed by atoms with van der Waals surface area (Å²) in [6.07, 6.45) is 7.96. The maximum Gasteiger partial charge on any atom is 0.129 e. The Bertz CT molecular complexity index is 373. The molecule has 0 spiro atoms. The van der Waals surface area contributed by atoms with Crippen LogP contribution in [0.3, 0.4) is 0 Å². The molecule has 1 heterocycles. The zero-order valence-corrected chi connectivity index (χ0v) is 11.5. The number of rotatable bonds is 4. The quantitative estimate of drug-likeness (QED) is 0.888. The molecule has 0 unspecified atom stereocenters. The van der Waals surface area contributed by atoms with Crippen LogP contribution in [-0.2, 0) is 0 Å². The van der Waals surface area contributed by atoms with Crippen LogP contribution in [0.25, 0.3) is 0 Å². The van der Waals surface area contributed by atoms with Gasteiger partial charge >= 0.3 is 0 Å². The molecule has 1 aliphatic carbocycles. The van der Waals surface area contributed by atoms with Crippen molar-refractivity contribution in [2.24, 2.45) is 0 Å². The first kappa shape index (κ1) is 13.3. The van der Waals surface area contributed by atoms with Crippen molar-refractivity contribution < 1.29 is 5.11 Å². The van der Waals surface area contributed by atoms with E-state index in [9.17, 15) is 5.11 Å². The lowest BCUT2D eigenvalue weighted by Crippen LogP contribution is -2.37. The van der Waals surface area contributed by atoms with Gasteiger partial charge in [0, 0.05) is 18.8 Å². The Morgan fingerprint density at radius 2 is 2.11 bits per heavy atom. The summed E-state index contributed by atoms with van der Waals surface area (Å²) >= 11 is 0. The molecule has 1 saturated carbocycles. The van der Waals surface area contributed by atoms with Crippen molar-refractivity contribution in [1.82, 2.24) is 4.98 Å². The van der Waals surface area contributed by atoms with Crippen molar-refractivity contribution in [1.29, 1.82) is 0 Å². The number of hydrogen-bond donors (Lipinski definition) is 1. The van der Waals surface area contributed by atoms with E-state index >= 15 is 0 Å². The van der Waals surface area contributed by atoms with Crippen LogP contribution in [0.4, 0.5) is 5.82 Å². The van der Waals surface area contributed by atoms with Gasteiger partial charge in [-0.1, -0.05) is 19.3 Å². The summed E-state index contributed by atoms with van der Waals surface area (Å²) in [6, 6.07) is 4.55. The second kappa shape index (κ2) is 6.19. The highest BCUT2D eigenvalue weighted by molar-refractivity contribution is 5.42. The van der Waals surface area contributed by atoms with E-state index in [0.717, 1.165) is 17.9 Å². The average Bonchev–Trinajstić information content (AvgIpc) is 2.41. The number of hydrogen-bond acceptors (Lipinski definition) is 3. The van der Waals surface area contributed by atoms with E-state index in [1.807, 2.05) is 18.3 Å². The van der Waals surface area contributed by atoms with Gasteiger partial charge in [0.1, 0.15) is 5.82 Å². The van der Waals surface area contributed by atoms with Gasteiger partial charge in [0.15, 0.2) is 0 Å². The standard InChI is InChI=1S/C15H24N2O/c1-3-17(14-7-5-4-6-8-14)15-11-13(12(2)18)9-10-16-15/h9-12,14,18H,3-8H2,1-2H3/t12-/m1/s1. The maximum absolute atomic E-state index is 9.67. The molecule has 1 aromatic heterocycles. The summed E-state index contributed by atoms with van der Waals surface area (Å²) in [5, 5.41) is 9.67. The predicted octanol–water partition coefficient (Wildman–Crippen LogP) is 3.29. The normalized spacial score (nSPS) is 18.6. The third-order valence-corrected chi connectivity index (χ3v) is 3.90. The summed E-state index contributed by atoms with van der Waals surface area (Å²) in [5.74, 6) is 1.02. The Morgan fingerprint density at radius 3 is 2.72 bits per heavy atom. The molecule has 18 heavy (non-hydrogen) atoms. The van der Waals surface area contributed by atoms with E-state index in [4.69, 9.17) is 0 Å². The van der Waals surface area contributed by atoms with E-state index in [2.05, 4.69) is 16.8 Å². The Labute approximate surface area is 110 Å². The fourth-order valence-electron chi connectivity index (χ4n) is 2.85. The second-order valence-electron chi connectivity index (χ2n) is 5.20. The Kier molecular flexibility index (Phi) is 4.59. The van der Waals surface area contributed by atoms with Crippen molar-refractivity contribution >= 4 is 5.82 Å². The molecule has 0 aromatic carbocycles. The van der Waals surface area contributed by atoms with E-state index < -0.39 is 6.10 Å². The van der Waals surface area contributed by atoms with Gasteiger partial charge in [0.05, 0.1) is 6.10 Å². The van der Waals surface area contributed by atoms with Crippen LogP contribution in [0.15, 0.2) is 18.3 Å². The Hall–Kier alpha value is -1.09. The third kappa shape index (κ3) is 3.02. The van der Waals surface area contributed by atoms with Gasteiger partial charge in [-0.05, 0) is 44.4 Å². The predicted molar refractivity (Wildman–Crippen MR) is 74.8 cm³/mol. The minimum absolute atomic E-state index is 0.420. The van der Waals surface area contributed by atoms with Crippen molar-refractivity contribution in [3.05, 3.63) is 23.9 Å². The lowest BCUT2D eigenvalue weighted by molar-refractivity contribution is 0.199. The van der Waals surface area contributed by atoms with E-state index in [-0.39, 0.29) is 0 Å². The van der Waals surface area contributed by atoms with Gasteiger partial charge in [0.2, 0.25) is 0 Å². The monoisotopic (exact) mass is 248 g/mol. The molecular weight excluding hydrogens is 224 g/mol. The first-order valence-electron chi connectivity index (χ1n) is 7.13. The summed E-state index contributed by atoms with van der Waals surface area (Å²) in [6.45, 7) is 4.97. The molecular formula is C15H24N2O. The SMILES string of the molecule is CCN(c1cc([C@@H](C)O)ccn1)C1CCCCC1. The van der Waals surface area contributed by atoms with E-state index in [1.54, 1.807) is 6.92 Å². The average molecular weight is 248 g/mol. The van der Waals surface area contributed by atoms with Gasteiger partial charge in [0.25, 0.3) is 0 Å². The molecule has 3 nitrogen and oxygen atoms in total. The largest absolute Gasteiger partial charge is 0.389 e. The molecule has 1 N–H and O–H groups in total. The molecule has 1 fully saturated rings.